The molecule has 0 aliphatic heterocycles. The second-order valence-corrected chi connectivity index (χ2v) is 9.02. The molecule has 8 heteroatoms. The maximum Gasteiger partial charge on any atom is 0.236 e. The summed E-state index contributed by atoms with van der Waals surface area (Å²) in [6, 6.07) is 13.1. The molecule has 31 heavy (non-hydrogen) atoms. The topological polar surface area (TPSA) is 104 Å². The van der Waals surface area contributed by atoms with E-state index in [0.29, 0.717) is 28.1 Å². The van der Waals surface area contributed by atoms with Crippen LogP contribution in [0.2, 0.25) is 0 Å². The fraction of sp³-hybridized carbons (Fsp3) is 0.261. The van der Waals surface area contributed by atoms with Gasteiger partial charge in [-0.2, -0.15) is 5.26 Å². The van der Waals surface area contributed by atoms with E-state index < -0.39 is 5.41 Å². The van der Waals surface area contributed by atoms with Crippen molar-refractivity contribution in [1.29, 1.82) is 5.26 Å². The molecule has 1 aliphatic carbocycles. The summed E-state index contributed by atoms with van der Waals surface area (Å²) in [5, 5.41) is 12.6. The zero-order valence-corrected chi connectivity index (χ0v) is 18.1. The molecule has 1 aliphatic rings. The molecule has 2 heterocycles. The molecule has 0 atom stereocenters. The van der Waals surface area contributed by atoms with Crippen LogP contribution in [0.1, 0.15) is 37.9 Å². The van der Waals surface area contributed by atoms with Gasteiger partial charge in [-0.1, -0.05) is 12.1 Å². The van der Waals surface area contributed by atoms with Gasteiger partial charge in [-0.15, -0.1) is 0 Å². The zero-order valence-electron chi connectivity index (χ0n) is 17.3. The number of nitrogens with zero attached hydrogens (tertiary/aromatic N) is 4. The number of benzene rings is 1. The van der Waals surface area contributed by atoms with E-state index in [9.17, 15) is 4.79 Å². The molecule has 0 spiro atoms. The van der Waals surface area contributed by atoms with Gasteiger partial charge >= 0.3 is 0 Å². The number of anilines is 2. The van der Waals surface area contributed by atoms with Gasteiger partial charge in [0.2, 0.25) is 11.9 Å². The standard InChI is InChI=1S/C23H22N6OS/c1-23(2,20-9-10-26-22(28-20)29-31-19-7-8-19)21(30)27-18-5-3-16(4-6-18)17-11-15(12-24)13-25-14-17/h3-6,9-11,13-14,19H,7-8H2,1-2H3,(H,27,30)(H,26,28,29). The summed E-state index contributed by atoms with van der Waals surface area (Å²) in [6.45, 7) is 3.69. The number of carbonyl (C=O) groups excluding carboxylic acids is 1. The number of nitrogens with one attached hydrogen (secondary N) is 2. The van der Waals surface area contributed by atoms with Crippen LogP contribution in [0.4, 0.5) is 11.6 Å². The molecule has 3 aromatic rings. The molecule has 1 fully saturated rings. The van der Waals surface area contributed by atoms with Gasteiger partial charge in [0.25, 0.3) is 0 Å². The monoisotopic (exact) mass is 430 g/mol. The van der Waals surface area contributed by atoms with Crippen molar-refractivity contribution in [3.05, 3.63) is 66.2 Å². The minimum Gasteiger partial charge on any atom is -0.325 e. The Kier molecular flexibility index (Phi) is 5.87. The van der Waals surface area contributed by atoms with Crippen LogP contribution in [-0.2, 0) is 10.2 Å². The number of hydrogen-bond acceptors (Lipinski definition) is 7. The summed E-state index contributed by atoms with van der Waals surface area (Å²) in [5.74, 6) is 0.362. The Hall–Kier alpha value is -3.44. The maximum atomic E-state index is 13.0. The number of amides is 1. The Labute approximate surface area is 185 Å². The van der Waals surface area contributed by atoms with Crippen LogP contribution in [0.5, 0.6) is 0 Å². The number of pyridine rings is 1. The molecule has 1 saturated carbocycles. The lowest BCUT2D eigenvalue weighted by Gasteiger charge is -2.23. The molecule has 0 radical (unpaired) electrons. The highest BCUT2D eigenvalue weighted by Gasteiger charge is 2.32. The zero-order chi connectivity index (χ0) is 21.8. The second kappa shape index (κ2) is 8.74. The predicted molar refractivity (Wildman–Crippen MR) is 122 cm³/mol. The summed E-state index contributed by atoms with van der Waals surface area (Å²) >= 11 is 1.63. The summed E-state index contributed by atoms with van der Waals surface area (Å²) in [6.07, 6.45) is 7.33. The summed E-state index contributed by atoms with van der Waals surface area (Å²) in [5.41, 5.74) is 2.76. The Morgan fingerprint density at radius 3 is 2.65 bits per heavy atom. The van der Waals surface area contributed by atoms with Crippen LogP contribution >= 0.6 is 11.9 Å². The largest absolute Gasteiger partial charge is 0.325 e. The highest BCUT2D eigenvalue weighted by atomic mass is 32.2. The van der Waals surface area contributed by atoms with E-state index in [1.807, 2.05) is 38.1 Å². The van der Waals surface area contributed by atoms with E-state index in [1.165, 1.54) is 19.0 Å². The molecular weight excluding hydrogens is 408 g/mol. The first-order valence-corrected chi connectivity index (χ1v) is 10.9. The number of aromatic nitrogens is 3. The van der Waals surface area contributed by atoms with E-state index in [0.717, 1.165) is 11.1 Å². The molecule has 2 aromatic heterocycles. The van der Waals surface area contributed by atoms with Crippen LogP contribution in [0.25, 0.3) is 11.1 Å². The molecule has 7 nitrogen and oxygen atoms in total. The van der Waals surface area contributed by atoms with Crippen LogP contribution in [0, 0.1) is 11.3 Å². The lowest BCUT2D eigenvalue weighted by Crippen LogP contribution is -2.35. The first-order chi connectivity index (χ1) is 15.0. The van der Waals surface area contributed by atoms with Gasteiger partial charge in [-0.05, 0) is 68.5 Å². The lowest BCUT2D eigenvalue weighted by molar-refractivity contribution is -0.120. The van der Waals surface area contributed by atoms with Gasteiger partial charge in [-0.3, -0.25) is 14.5 Å². The Morgan fingerprint density at radius 2 is 1.94 bits per heavy atom. The van der Waals surface area contributed by atoms with Crippen LogP contribution in [-0.4, -0.2) is 26.1 Å². The van der Waals surface area contributed by atoms with E-state index in [-0.39, 0.29) is 5.91 Å². The van der Waals surface area contributed by atoms with Gasteiger partial charge in [0.1, 0.15) is 6.07 Å². The minimum absolute atomic E-state index is 0.159. The number of rotatable bonds is 7. The lowest BCUT2D eigenvalue weighted by atomic mass is 9.88. The van der Waals surface area contributed by atoms with Crippen molar-refractivity contribution in [2.24, 2.45) is 0 Å². The highest BCUT2D eigenvalue weighted by molar-refractivity contribution is 8.01. The third-order valence-corrected chi connectivity index (χ3v) is 6.15. The number of carbonyl (C=O) groups is 1. The van der Waals surface area contributed by atoms with E-state index in [2.05, 4.69) is 31.1 Å². The Bertz CT molecular complexity index is 1140. The molecule has 4 rings (SSSR count). The average molecular weight is 431 g/mol. The quantitative estimate of drug-likeness (QED) is 0.530. The van der Waals surface area contributed by atoms with E-state index in [4.69, 9.17) is 5.26 Å². The second-order valence-electron chi connectivity index (χ2n) is 7.92. The van der Waals surface area contributed by atoms with Crippen molar-refractivity contribution >= 4 is 29.5 Å². The molecule has 1 aromatic carbocycles. The molecule has 0 saturated heterocycles. The van der Waals surface area contributed by atoms with Crippen LogP contribution in [0.3, 0.4) is 0 Å². The maximum absolute atomic E-state index is 13.0. The SMILES string of the molecule is CC(C)(C(=O)Nc1ccc(-c2cncc(C#N)c2)cc1)c1ccnc(NSC2CC2)n1. The Balaban J connectivity index is 1.45. The third kappa shape index (κ3) is 5.01. The van der Waals surface area contributed by atoms with Crippen molar-refractivity contribution < 1.29 is 4.79 Å². The molecule has 156 valence electrons. The summed E-state index contributed by atoms with van der Waals surface area (Å²) in [4.78, 5) is 25.9. The fourth-order valence-corrected chi connectivity index (χ4v) is 3.63. The molecule has 0 bridgehead atoms. The molecule has 2 N–H and O–H groups in total. The normalized spacial score (nSPS) is 13.3. The van der Waals surface area contributed by atoms with E-state index >= 15 is 0 Å². The fourth-order valence-electron chi connectivity index (χ4n) is 2.89. The van der Waals surface area contributed by atoms with Gasteiger partial charge in [0.15, 0.2) is 0 Å². The van der Waals surface area contributed by atoms with Crippen molar-refractivity contribution in [2.45, 2.75) is 37.4 Å². The van der Waals surface area contributed by atoms with E-state index in [1.54, 1.807) is 36.5 Å². The minimum atomic E-state index is -0.840. The first-order valence-electron chi connectivity index (χ1n) is 9.98. The smallest absolute Gasteiger partial charge is 0.236 e. The molecule has 1 amide bonds. The first kappa shape index (κ1) is 20.8. The third-order valence-electron chi connectivity index (χ3n) is 5.05. The van der Waals surface area contributed by atoms with Crippen LogP contribution in [0.15, 0.2) is 55.0 Å². The van der Waals surface area contributed by atoms with Crippen molar-refractivity contribution in [2.75, 3.05) is 10.0 Å². The van der Waals surface area contributed by atoms with Crippen molar-refractivity contribution in [1.82, 2.24) is 15.0 Å². The Morgan fingerprint density at radius 1 is 1.16 bits per heavy atom. The molecule has 0 unspecified atom stereocenters. The average Bonchev–Trinajstić information content (AvgIpc) is 3.63. The van der Waals surface area contributed by atoms with Gasteiger partial charge < -0.3 is 5.32 Å². The summed E-state index contributed by atoms with van der Waals surface area (Å²) < 4.78 is 3.18. The number of nitriles is 1. The van der Waals surface area contributed by atoms with Crippen molar-refractivity contribution in [3.8, 4) is 17.2 Å². The summed E-state index contributed by atoms with van der Waals surface area (Å²) in [7, 11) is 0. The van der Waals surface area contributed by atoms with Gasteiger partial charge in [0.05, 0.1) is 16.7 Å². The van der Waals surface area contributed by atoms with Gasteiger partial charge in [-0.25, -0.2) is 9.97 Å². The predicted octanol–water partition coefficient (Wildman–Crippen LogP) is 4.55. The van der Waals surface area contributed by atoms with Crippen LogP contribution < -0.4 is 10.0 Å². The van der Waals surface area contributed by atoms with Gasteiger partial charge in [0, 0.05) is 35.1 Å². The molecular formula is C23H22N6OS. The highest BCUT2D eigenvalue weighted by Crippen LogP contribution is 2.34. The van der Waals surface area contributed by atoms with Crippen molar-refractivity contribution in [3.63, 3.8) is 0 Å². The number of hydrogen-bond donors (Lipinski definition) is 2.